The molecule has 0 aliphatic carbocycles. The van der Waals surface area contributed by atoms with Gasteiger partial charge in [-0.15, -0.1) is 0 Å². The molecule has 0 aromatic rings. The highest BCUT2D eigenvalue weighted by Crippen LogP contribution is 2.10. The van der Waals surface area contributed by atoms with Crippen molar-refractivity contribution in [3.63, 3.8) is 0 Å². The van der Waals surface area contributed by atoms with Crippen LogP contribution in [0.5, 0.6) is 0 Å². The number of nitrogens with one attached hydrogen (secondary N) is 2. The van der Waals surface area contributed by atoms with E-state index in [2.05, 4.69) is 10.6 Å². The van der Waals surface area contributed by atoms with Gasteiger partial charge >= 0.3 is 12.1 Å². The van der Waals surface area contributed by atoms with Crippen molar-refractivity contribution in [2.45, 2.75) is 83.4 Å². The smallest absolute Gasteiger partial charge is 0.408 e. The van der Waals surface area contributed by atoms with E-state index in [0.29, 0.717) is 32.4 Å². The fourth-order valence-corrected chi connectivity index (χ4v) is 2.54. The minimum atomic E-state index is -0.822. The van der Waals surface area contributed by atoms with Crippen molar-refractivity contribution in [2.75, 3.05) is 20.2 Å². The SMILES string of the molecule is COC(=O)C(CCCCCN)NC(=O)C(CCCCN)NC(=O)OC(C)(C)C. The Morgan fingerprint density at radius 3 is 1.93 bits per heavy atom. The summed E-state index contributed by atoms with van der Waals surface area (Å²) < 4.78 is 10.0. The number of esters is 1. The zero-order valence-electron chi connectivity index (χ0n) is 17.7. The Morgan fingerprint density at radius 2 is 1.39 bits per heavy atom. The van der Waals surface area contributed by atoms with Gasteiger partial charge in [-0.2, -0.15) is 0 Å². The fraction of sp³-hybridized carbons (Fsp3) is 0.842. The van der Waals surface area contributed by atoms with E-state index in [0.717, 1.165) is 25.7 Å². The van der Waals surface area contributed by atoms with Crippen molar-refractivity contribution >= 4 is 18.0 Å². The second-order valence-corrected chi connectivity index (χ2v) is 7.71. The summed E-state index contributed by atoms with van der Waals surface area (Å²) in [6.07, 6.45) is 3.97. The molecule has 9 heteroatoms. The van der Waals surface area contributed by atoms with E-state index in [1.54, 1.807) is 20.8 Å². The van der Waals surface area contributed by atoms with Gasteiger partial charge in [0, 0.05) is 0 Å². The van der Waals surface area contributed by atoms with Gasteiger partial charge in [0.15, 0.2) is 0 Å². The second-order valence-electron chi connectivity index (χ2n) is 7.71. The zero-order chi connectivity index (χ0) is 21.6. The van der Waals surface area contributed by atoms with Crippen molar-refractivity contribution in [3.05, 3.63) is 0 Å². The topological polar surface area (TPSA) is 146 Å². The molecule has 2 atom stereocenters. The number of rotatable bonds is 13. The Hall–Kier alpha value is -1.87. The van der Waals surface area contributed by atoms with Gasteiger partial charge in [0.25, 0.3) is 0 Å². The molecular weight excluding hydrogens is 364 g/mol. The first-order chi connectivity index (χ1) is 13.1. The van der Waals surface area contributed by atoms with Crippen LogP contribution in [-0.2, 0) is 19.1 Å². The summed E-state index contributed by atoms with van der Waals surface area (Å²) in [6.45, 7) is 6.30. The lowest BCUT2D eigenvalue weighted by Gasteiger charge is -2.25. The minimum absolute atomic E-state index is 0.392. The fourth-order valence-electron chi connectivity index (χ4n) is 2.54. The molecule has 0 aromatic carbocycles. The predicted octanol–water partition coefficient (Wildman–Crippen LogP) is 1.19. The standard InChI is InChI=1S/C19H38N4O5/c1-19(2,3)28-18(26)23-14(10-7-9-13-21)16(24)22-15(17(25)27-4)11-6-5-8-12-20/h14-15H,5-13,20-21H2,1-4H3,(H,22,24)(H,23,26). The van der Waals surface area contributed by atoms with Crippen LogP contribution in [0.15, 0.2) is 0 Å². The monoisotopic (exact) mass is 402 g/mol. The van der Waals surface area contributed by atoms with Gasteiger partial charge in [0.1, 0.15) is 17.7 Å². The van der Waals surface area contributed by atoms with Gasteiger partial charge in [-0.25, -0.2) is 9.59 Å². The van der Waals surface area contributed by atoms with Crippen LogP contribution in [0.3, 0.4) is 0 Å². The number of unbranched alkanes of at least 4 members (excludes halogenated alkanes) is 3. The van der Waals surface area contributed by atoms with Crippen LogP contribution in [0.1, 0.15) is 65.7 Å². The molecule has 28 heavy (non-hydrogen) atoms. The average molecular weight is 403 g/mol. The van der Waals surface area contributed by atoms with Crippen LogP contribution in [0.25, 0.3) is 0 Å². The van der Waals surface area contributed by atoms with Crippen LogP contribution in [0, 0.1) is 0 Å². The quantitative estimate of drug-likeness (QED) is 0.267. The highest BCUT2D eigenvalue weighted by Gasteiger charge is 2.28. The van der Waals surface area contributed by atoms with Gasteiger partial charge in [-0.05, 0) is 66.0 Å². The molecule has 0 aliphatic heterocycles. The first-order valence-corrected chi connectivity index (χ1v) is 9.92. The van der Waals surface area contributed by atoms with Crippen molar-refractivity contribution in [1.29, 1.82) is 0 Å². The van der Waals surface area contributed by atoms with E-state index >= 15 is 0 Å². The molecule has 0 aromatic heterocycles. The predicted molar refractivity (Wildman–Crippen MR) is 108 cm³/mol. The first kappa shape index (κ1) is 26.1. The van der Waals surface area contributed by atoms with Crippen LogP contribution < -0.4 is 22.1 Å². The van der Waals surface area contributed by atoms with Gasteiger partial charge in [-0.1, -0.05) is 12.8 Å². The summed E-state index contributed by atoms with van der Waals surface area (Å²) in [7, 11) is 1.28. The summed E-state index contributed by atoms with van der Waals surface area (Å²) >= 11 is 0. The summed E-state index contributed by atoms with van der Waals surface area (Å²) in [6, 6.07) is -1.59. The molecule has 0 aliphatic rings. The van der Waals surface area contributed by atoms with E-state index in [1.807, 2.05) is 0 Å². The Labute approximate surface area is 168 Å². The molecule has 0 saturated carbocycles. The number of nitrogens with two attached hydrogens (primary N) is 2. The Morgan fingerprint density at radius 1 is 0.857 bits per heavy atom. The van der Waals surface area contributed by atoms with Gasteiger partial charge in [0.2, 0.25) is 5.91 Å². The molecule has 0 radical (unpaired) electrons. The molecule has 2 unspecified atom stereocenters. The van der Waals surface area contributed by atoms with Gasteiger partial charge in [0.05, 0.1) is 7.11 Å². The lowest BCUT2D eigenvalue weighted by Crippen LogP contribution is -2.52. The van der Waals surface area contributed by atoms with Gasteiger partial charge < -0.3 is 31.6 Å². The highest BCUT2D eigenvalue weighted by atomic mass is 16.6. The van der Waals surface area contributed by atoms with Gasteiger partial charge in [-0.3, -0.25) is 4.79 Å². The molecule has 6 N–H and O–H groups in total. The zero-order valence-corrected chi connectivity index (χ0v) is 17.7. The Bertz CT molecular complexity index is 479. The number of carbonyl (C=O) groups is 3. The number of alkyl carbamates (subject to hydrolysis) is 1. The Balaban J connectivity index is 4.97. The maximum Gasteiger partial charge on any atom is 0.408 e. The van der Waals surface area contributed by atoms with Crippen molar-refractivity contribution in [1.82, 2.24) is 10.6 Å². The maximum absolute atomic E-state index is 12.7. The lowest BCUT2D eigenvalue weighted by molar-refractivity contribution is -0.145. The van der Waals surface area contributed by atoms with Crippen LogP contribution in [-0.4, -0.2) is 55.9 Å². The summed E-state index contributed by atoms with van der Waals surface area (Å²) in [5.41, 5.74) is 10.3. The molecule has 0 rings (SSSR count). The summed E-state index contributed by atoms with van der Waals surface area (Å²) in [5.74, 6) is -0.962. The summed E-state index contributed by atoms with van der Waals surface area (Å²) in [5, 5.41) is 5.28. The Kier molecular flexibility index (Phi) is 13.2. The first-order valence-electron chi connectivity index (χ1n) is 9.92. The molecule has 9 nitrogen and oxygen atoms in total. The third-order valence-electron chi connectivity index (χ3n) is 3.95. The molecular formula is C19H38N4O5. The number of hydrogen-bond donors (Lipinski definition) is 4. The van der Waals surface area contributed by atoms with Crippen molar-refractivity contribution in [3.8, 4) is 0 Å². The lowest BCUT2D eigenvalue weighted by atomic mass is 10.1. The van der Waals surface area contributed by atoms with E-state index in [9.17, 15) is 14.4 Å². The number of amides is 2. The number of carbonyl (C=O) groups excluding carboxylic acids is 3. The van der Waals surface area contributed by atoms with Crippen molar-refractivity contribution in [2.24, 2.45) is 11.5 Å². The third-order valence-corrected chi connectivity index (χ3v) is 3.95. The minimum Gasteiger partial charge on any atom is -0.467 e. The van der Waals surface area contributed by atoms with Crippen LogP contribution in [0.4, 0.5) is 4.79 Å². The average Bonchev–Trinajstić information content (AvgIpc) is 2.61. The molecule has 2 amide bonds. The molecule has 0 spiro atoms. The van der Waals surface area contributed by atoms with Crippen molar-refractivity contribution < 1.29 is 23.9 Å². The highest BCUT2D eigenvalue weighted by molar-refractivity contribution is 5.89. The van der Waals surface area contributed by atoms with E-state index in [-0.39, 0.29) is 0 Å². The second kappa shape index (κ2) is 14.2. The largest absolute Gasteiger partial charge is 0.467 e. The number of ether oxygens (including phenoxy) is 2. The number of methoxy groups -OCH3 is 1. The molecule has 0 fully saturated rings. The molecule has 0 saturated heterocycles. The third kappa shape index (κ3) is 12.5. The van der Waals surface area contributed by atoms with E-state index in [4.69, 9.17) is 20.9 Å². The van der Waals surface area contributed by atoms with E-state index in [1.165, 1.54) is 7.11 Å². The summed E-state index contributed by atoms with van der Waals surface area (Å²) in [4.78, 5) is 36.8. The van der Waals surface area contributed by atoms with Crippen LogP contribution in [0.2, 0.25) is 0 Å². The van der Waals surface area contributed by atoms with E-state index < -0.39 is 35.7 Å². The normalized spacial score (nSPS) is 13.4. The molecule has 164 valence electrons. The molecule has 0 bridgehead atoms. The maximum atomic E-state index is 12.7. The van der Waals surface area contributed by atoms with Crippen LogP contribution >= 0.6 is 0 Å². The number of hydrogen-bond acceptors (Lipinski definition) is 7. The molecule has 0 heterocycles.